The lowest BCUT2D eigenvalue weighted by molar-refractivity contribution is -0.122. The lowest BCUT2D eigenvalue weighted by Crippen LogP contribution is -2.37. The van der Waals surface area contributed by atoms with Crippen LogP contribution < -0.4 is 10.6 Å². The molecule has 0 aromatic carbocycles. The van der Waals surface area contributed by atoms with E-state index in [1.165, 1.54) is 11.3 Å². The van der Waals surface area contributed by atoms with Gasteiger partial charge in [0.2, 0.25) is 11.8 Å². The molecule has 0 aliphatic carbocycles. The van der Waals surface area contributed by atoms with Crippen LogP contribution in [0.25, 0.3) is 0 Å². The highest BCUT2D eigenvalue weighted by molar-refractivity contribution is 7.16. The Morgan fingerprint density at radius 2 is 2.14 bits per heavy atom. The predicted molar refractivity (Wildman–Crippen MR) is 84.2 cm³/mol. The summed E-state index contributed by atoms with van der Waals surface area (Å²) >= 11 is 1.36. The van der Waals surface area contributed by atoms with Crippen molar-refractivity contribution in [1.29, 1.82) is 0 Å². The van der Waals surface area contributed by atoms with Gasteiger partial charge in [0.25, 0.3) is 0 Å². The minimum Gasteiger partial charge on any atom is -0.462 e. The monoisotopic (exact) mass is 324 g/mol. The van der Waals surface area contributed by atoms with Gasteiger partial charge in [0.05, 0.1) is 12.2 Å². The molecule has 1 atom stereocenters. The van der Waals surface area contributed by atoms with E-state index in [0.717, 1.165) is 10.4 Å². The molecule has 2 N–H and O–H groups in total. The van der Waals surface area contributed by atoms with Crippen LogP contribution >= 0.6 is 11.3 Å². The Bertz CT molecular complexity index is 609. The van der Waals surface area contributed by atoms with Gasteiger partial charge < -0.3 is 15.4 Å². The molecule has 0 spiro atoms. The molecule has 1 unspecified atom stereocenters. The number of carbonyl (C=O) groups is 3. The van der Waals surface area contributed by atoms with E-state index in [4.69, 9.17) is 4.74 Å². The smallest absolute Gasteiger partial charge is 0.341 e. The summed E-state index contributed by atoms with van der Waals surface area (Å²) in [4.78, 5) is 36.6. The second-order valence-corrected chi connectivity index (χ2v) is 6.29. The molecular weight excluding hydrogens is 304 g/mol. The van der Waals surface area contributed by atoms with E-state index in [0.29, 0.717) is 29.8 Å². The molecule has 6 nitrogen and oxygen atoms in total. The fraction of sp³-hybridized carbons (Fsp3) is 0.533. The normalized spacial score (nSPS) is 17.2. The average molecular weight is 324 g/mol. The van der Waals surface area contributed by atoms with Crippen LogP contribution in [0.1, 0.15) is 47.5 Å². The minimum atomic E-state index is -0.532. The third kappa shape index (κ3) is 3.30. The lowest BCUT2D eigenvalue weighted by Gasteiger charge is -2.11. The van der Waals surface area contributed by atoms with Crippen molar-refractivity contribution >= 4 is 34.1 Å². The van der Waals surface area contributed by atoms with Crippen molar-refractivity contribution in [1.82, 2.24) is 5.32 Å². The number of carbonyl (C=O) groups excluding carboxylic acids is 3. The fourth-order valence-corrected chi connectivity index (χ4v) is 3.66. The summed E-state index contributed by atoms with van der Waals surface area (Å²) in [6, 6.07) is -0.532. The highest BCUT2D eigenvalue weighted by Crippen LogP contribution is 2.34. The van der Waals surface area contributed by atoms with Crippen LogP contribution in [0.5, 0.6) is 0 Å². The number of nitrogens with one attached hydrogen (secondary N) is 2. The Morgan fingerprint density at radius 3 is 2.68 bits per heavy atom. The van der Waals surface area contributed by atoms with Gasteiger partial charge >= 0.3 is 5.97 Å². The summed E-state index contributed by atoms with van der Waals surface area (Å²) < 4.78 is 5.10. The van der Waals surface area contributed by atoms with Crippen molar-refractivity contribution in [3.05, 3.63) is 16.0 Å². The number of hydrogen-bond donors (Lipinski definition) is 2. The van der Waals surface area contributed by atoms with E-state index >= 15 is 0 Å². The van der Waals surface area contributed by atoms with Crippen molar-refractivity contribution in [3.63, 3.8) is 0 Å². The SMILES string of the molecule is CCOC(=O)c1c(NC(=O)C2CCC(=O)N2)sc(C)c1CC. The largest absolute Gasteiger partial charge is 0.462 e. The molecule has 22 heavy (non-hydrogen) atoms. The highest BCUT2D eigenvalue weighted by Gasteiger charge is 2.30. The maximum Gasteiger partial charge on any atom is 0.341 e. The topological polar surface area (TPSA) is 84.5 Å². The number of rotatable bonds is 5. The molecule has 0 radical (unpaired) electrons. The van der Waals surface area contributed by atoms with Gasteiger partial charge in [-0.3, -0.25) is 9.59 Å². The van der Waals surface area contributed by atoms with Crippen LogP contribution in [0.3, 0.4) is 0 Å². The average Bonchev–Trinajstić information content (AvgIpc) is 3.02. The number of hydrogen-bond acceptors (Lipinski definition) is 5. The number of anilines is 1. The molecule has 1 aromatic heterocycles. The van der Waals surface area contributed by atoms with E-state index < -0.39 is 12.0 Å². The zero-order valence-corrected chi connectivity index (χ0v) is 13.8. The van der Waals surface area contributed by atoms with Gasteiger partial charge in [-0.2, -0.15) is 0 Å². The molecule has 1 fully saturated rings. The Hall–Kier alpha value is -1.89. The van der Waals surface area contributed by atoms with Gasteiger partial charge in [0, 0.05) is 11.3 Å². The van der Waals surface area contributed by atoms with E-state index in [1.807, 2.05) is 13.8 Å². The zero-order chi connectivity index (χ0) is 16.3. The van der Waals surface area contributed by atoms with Gasteiger partial charge in [-0.05, 0) is 32.3 Å². The lowest BCUT2D eigenvalue weighted by atomic mass is 10.1. The first-order valence-electron chi connectivity index (χ1n) is 7.37. The number of aryl methyl sites for hydroxylation is 1. The van der Waals surface area contributed by atoms with Gasteiger partial charge in [0.15, 0.2) is 0 Å². The van der Waals surface area contributed by atoms with Crippen molar-refractivity contribution in [2.75, 3.05) is 11.9 Å². The summed E-state index contributed by atoms with van der Waals surface area (Å²) in [5.41, 5.74) is 1.33. The first-order chi connectivity index (χ1) is 10.5. The molecule has 2 rings (SSSR count). The third-order valence-electron chi connectivity index (χ3n) is 3.59. The summed E-state index contributed by atoms with van der Waals surface area (Å²) in [5.74, 6) is -0.836. The molecule has 7 heteroatoms. The second-order valence-electron chi connectivity index (χ2n) is 5.06. The molecular formula is C15H20N2O4S. The van der Waals surface area contributed by atoms with E-state index in [2.05, 4.69) is 10.6 Å². The molecule has 2 amide bonds. The standard InChI is InChI=1S/C15H20N2O4S/c1-4-9-8(3)22-14(12(9)15(20)21-5-2)17-13(19)10-6-7-11(18)16-10/h10H,4-7H2,1-3H3,(H,16,18)(H,17,19). The van der Waals surface area contributed by atoms with Crippen molar-refractivity contribution in [3.8, 4) is 0 Å². The van der Waals surface area contributed by atoms with Crippen LogP contribution in [0.4, 0.5) is 5.00 Å². The van der Waals surface area contributed by atoms with Crippen molar-refractivity contribution in [2.45, 2.75) is 46.1 Å². The number of ether oxygens (including phenoxy) is 1. The van der Waals surface area contributed by atoms with E-state index in [1.54, 1.807) is 6.92 Å². The Labute approximate surface area is 133 Å². The van der Waals surface area contributed by atoms with E-state index in [9.17, 15) is 14.4 Å². The van der Waals surface area contributed by atoms with E-state index in [-0.39, 0.29) is 18.4 Å². The Kier molecular flexibility index (Phi) is 5.18. The number of esters is 1. The summed E-state index contributed by atoms with van der Waals surface area (Å²) in [6.45, 7) is 5.90. The Morgan fingerprint density at radius 1 is 1.41 bits per heavy atom. The molecule has 2 heterocycles. The van der Waals surface area contributed by atoms with Gasteiger partial charge in [-0.1, -0.05) is 6.92 Å². The molecule has 1 aliphatic rings. The second kappa shape index (κ2) is 6.91. The quantitative estimate of drug-likeness (QED) is 0.812. The number of thiophene rings is 1. The summed E-state index contributed by atoms with van der Waals surface area (Å²) in [7, 11) is 0. The highest BCUT2D eigenvalue weighted by atomic mass is 32.1. The van der Waals surface area contributed by atoms with Gasteiger partial charge in [-0.15, -0.1) is 11.3 Å². The zero-order valence-electron chi connectivity index (χ0n) is 12.9. The van der Waals surface area contributed by atoms with Crippen LogP contribution in [0, 0.1) is 6.92 Å². The molecule has 1 aliphatic heterocycles. The molecule has 1 aromatic rings. The Balaban J connectivity index is 2.24. The van der Waals surface area contributed by atoms with Crippen LogP contribution in [-0.2, 0) is 20.7 Å². The van der Waals surface area contributed by atoms with Crippen molar-refractivity contribution in [2.24, 2.45) is 0 Å². The summed E-state index contributed by atoms with van der Waals surface area (Å²) in [5, 5.41) is 5.89. The first-order valence-corrected chi connectivity index (χ1v) is 8.19. The molecule has 120 valence electrons. The minimum absolute atomic E-state index is 0.123. The molecule has 1 saturated heterocycles. The van der Waals surface area contributed by atoms with Gasteiger partial charge in [-0.25, -0.2) is 4.79 Å². The molecule has 0 bridgehead atoms. The molecule has 0 saturated carbocycles. The van der Waals surface area contributed by atoms with Crippen LogP contribution in [0.15, 0.2) is 0 Å². The summed E-state index contributed by atoms with van der Waals surface area (Å²) in [6.07, 6.45) is 1.52. The predicted octanol–water partition coefficient (Wildman–Crippen LogP) is 2.01. The maximum absolute atomic E-state index is 12.2. The van der Waals surface area contributed by atoms with Gasteiger partial charge in [0.1, 0.15) is 11.0 Å². The maximum atomic E-state index is 12.2. The third-order valence-corrected chi connectivity index (χ3v) is 4.65. The van der Waals surface area contributed by atoms with Crippen LogP contribution in [0.2, 0.25) is 0 Å². The number of amides is 2. The fourth-order valence-electron chi connectivity index (χ4n) is 2.52. The van der Waals surface area contributed by atoms with Crippen molar-refractivity contribution < 1.29 is 19.1 Å². The van der Waals surface area contributed by atoms with Crippen LogP contribution in [-0.4, -0.2) is 30.4 Å². The first kappa shape index (κ1) is 16.5.